The normalized spacial score (nSPS) is 11.4. The van der Waals surface area contributed by atoms with Crippen LogP contribution in [0.25, 0.3) is 44.5 Å². The minimum Gasteiger partial charge on any atom is -0.121 e. The Morgan fingerprint density at radius 1 is 0.382 bits per heavy atom. The van der Waals surface area contributed by atoms with Crippen molar-refractivity contribution in [1.82, 2.24) is 0 Å². The second-order valence-electron chi connectivity index (χ2n) is 8.06. The van der Waals surface area contributed by atoms with Gasteiger partial charge in [-0.2, -0.15) is 0 Å². The summed E-state index contributed by atoms with van der Waals surface area (Å²) in [7, 11) is 0. The van der Waals surface area contributed by atoms with Gasteiger partial charge in [0.2, 0.25) is 0 Å². The molecule has 5 aromatic carbocycles. The maximum absolute atomic E-state index is 6.80. The molecule has 0 nitrogen and oxygen atoms in total. The number of hydrogen-bond acceptors (Lipinski definition) is 0. The van der Waals surface area contributed by atoms with Crippen molar-refractivity contribution in [1.29, 1.82) is 0 Å². The van der Waals surface area contributed by atoms with Gasteiger partial charge in [0.1, 0.15) is 0 Å². The van der Waals surface area contributed by atoms with Crippen LogP contribution in [0.3, 0.4) is 0 Å². The third kappa shape index (κ3) is 4.58. The zero-order valence-electron chi connectivity index (χ0n) is 18.3. The first-order chi connectivity index (χ1) is 16.5. The Balaban J connectivity index is 2.02. The highest BCUT2D eigenvalue weighted by molar-refractivity contribution is 7.69. The van der Waals surface area contributed by atoms with Gasteiger partial charge in [0, 0.05) is 0 Å². The summed E-state index contributed by atoms with van der Waals surface area (Å²) >= 11 is 20.4. The molecule has 0 aliphatic carbocycles. The maximum atomic E-state index is 6.80. The Morgan fingerprint density at radius 2 is 0.735 bits per heavy atom. The van der Waals surface area contributed by atoms with Gasteiger partial charge in [0.25, 0.3) is 0 Å². The van der Waals surface area contributed by atoms with E-state index in [9.17, 15) is 0 Å². The van der Waals surface area contributed by atoms with E-state index >= 15 is 0 Å². The van der Waals surface area contributed by atoms with Crippen LogP contribution in [-0.2, 0) is 0 Å². The fourth-order valence-electron chi connectivity index (χ4n) is 4.45. The van der Waals surface area contributed by atoms with Crippen molar-refractivity contribution < 1.29 is 0 Å². The molecule has 0 saturated carbocycles. The molecule has 0 spiro atoms. The van der Waals surface area contributed by atoms with Crippen molar-refractivity contribution in [2.24, 2.45) is 0 Å². The van der Waals surface area contributed by atoms with E-state index in [0.717, 1.165) is 49.7 Å². The minimum atomic E-state index is -3.30. The topological polar surface area (TPSA) is 0 Å². The van der Waals surface area contributed by atoms with Crippen molar-refractivity contribution in [3.05, 3.63) is 127 Å². The number of hydrogen-bond donors (Lipinski definition) is 0. The lowest BCUT2D eigenvalue weighted by atomic mass is 9.83. The lowest BCUT2D eigenvalue weighted by Gasteiger charge is -2.26. The fraction of sp³-hybridized carbons (Fsp3) is 0. The predicted molar refractivity (Wildman–Crippen MR) is 151 cm³/mol. The molecular weight excluding hydrogens is 495 g/mol. The Kier molecular flexibility index (Phi) is 6.63. The smallest absolute Gasteiger partial charge is 0.121 e. The maximum Gasteiger partial charge on any atom is 0.373 e. The fourth-order valence-corrected chi connectivity index (χ4v) is 6.66. The predicted octanol–water partition coefficient (Wildman–Crippen LogP) is 9.22. The number of halogens is 3. The first-order valence-electron chi connectivity index (χ1n) is 11.0. The average Bonchev–Trinajstić information content (AvgIpc) is 2.89. The lowest BCUT2D eigenvalue weighted by molar-refractivity contribution is 1.56. The molecule has 0 atom stereocenters. The van der Waals surface area contributed by atoms with E-state index in [4.69, 9.17) is 33.2 Å². The van der Waals surface area contributed by atoms with Gasteiger partial charge < -0.3 is 0 Å². The van der Waals surface area contributed by atoms with Crippen molar-refractivity contribution in [3.63, 3.8) is 0 Å². The van der Waals surface area contributed by atoms with Gasteiger partial charge >= 0.3 is 6.00 Å². The summed E-state index contributed by atoms with van der Waals surface area (Å²) in [6.07, 6.45) is 0. The van der Waals surface area contributed by atoms with Crippen LogP contribution >= 0.6 is 33.2 Å². The van der Waals surface area contributed by atoms with Crippen LogP contribution in [0.4, 0.5) is 0 Å². The van der Waals surface area contributed by atoms with Crippen LogP contribution < -0.4 is 5.19 Å². The highest BCUT2D eigenvalue weighted by Crippen LogP contribution is 2.46. The third-order valence-corrected chi connectivity index (χ3v) is 8.74. The second kappa shape index (κ2) is 9.81. The summed E-state index contributed by atoms with van der Waals surface area (Å²) in [6.45, 7) is 0. The molecule has 34 heavy (non-hydrogen) atoms. The van der Waals surface area contributed by atoms with E-state index in [0.29, 0.717) is 0 Å². The SMILES string of the molecule is Cl[Si](Cl)(Cl)c1cc(-c2ccccc2)c(-c2ccccc2)c(-c2ccccc2)c1-c1ccccc1. The summed E-state index contributed by atoms with van der Waals surface area (Å²) in [5.74, 6) is 0. The van der Waals surface area contributed by atoms with Crippen LogP contribution in [0.5, 0.6) is 0 Å². The van der Waals surface area contributed by atoms with Gasteiger partial charge in [-0.3, -0.25) is 0 Å². The average molecular weight is 516 g/mol. The Labute approximate surface area is 215 Å². The molecule has 0 fully saturated rings. The molecule has 0 aliphatic rings. The number of benzene rings is 5. The van der Waals surface area contributed by atoms with E-state index in [1.165, 1.54) is 0 Å². The van der Waals surface area contributed by atoms with Crippen LogP contribution in [0.15, 0.2) is 127 Å². The molecule has 4 heteroatoms. The van der Waals surface area contributed by atoms with Gasteiger partial charge in [0.15, 0.2) is 0 Å². The standard InChI is InChI=1S/C30H21Cl3Si/c31-34(32,33)27-21-26(22-13-5-1-6-14-22)28(23-15-7-2-8-16-23)30(25-19-11-4-12-20-25)29(27)24-17-9-3-10-18-24/h1-21H. The molecular formula is C30H21Cl3Si. The summed E-state index contributed by atoms with van der Waals surface area (Å²) < 4.78 is 0. The Bertz CT molecular complexity index is 1400. The van der Waals surface area contributed by atoms with Crippen molar-refractivity contribution in [2.45, 2.75) is 0 Å². The summed E-state index contributed by atoms with van der Waals surface area (Å²) in [5, 5.41) is 0.793. The van der Waals surface area contributed by atoms with E-state index < -0.39 is 6.00 Å². The molecule has 5 aromatic rings. The summed E-state index contributed by atoms with van der Waals surface area (Å²) in [5.41, 5.74) is 8.57. The van der Waals surface area contributed by atoms with E-state index in [2.05, 4.69) is 78.9 Å². The zero-order chi connectivity index (χ0) is 23.5. The third-order valence-electron chi connectivity index (χ3n) is 5.90. The van der Waals surface area contributed by atoms with Gasteiger partial charge in [-0.1, -0.05) is 127 Å². The number of rotatable bonds is 5. The highest BCUT2D eigenvalue weighted by Gasteiger charge is 2.35. The molecule has 0 aromatic heterocycles. The van der Waals surface area contributed by atoms with Crippen LogP contribution in [0, 0.1) is 0 Å². The molecule has 0 bridgehead atoms. The van der Waals surface area contributed by atoms with E-state index in [-0.39, 0.29) is 0 Å². The van der Waals surface area contributed by atoms with E-state index in [1.54, 1.807) is 0 Å². The van der Waals surface area contributed by atoms with E-state index in [1.807, 2.05) is 48.5 Å². The monoisotopic (exact) mass is 514 g/mol. The molecule has 0 heterocycles. The zero-order valence-corrected chi connectivity index (χ0v) is 21.5. The molecule has 166 valence electrons. The van der Waals surface area contributed by atoms with Crippen molar-refractivity contribution >= 4 is 44.4 Å². The molecule has 0 aliphatic heterocycles. The quantitative estimate of drug-likeness (QED) is 0.162. The van der Waals surface area contributed by atoms with Gasteiger partial charge in [0.05, 0.1) is 0 Å². The van der Waals surface area contributed by atoms with Crippen LogP contribution in [0.1, 0.15) is 0 Å². The molecule has 0 radical (unpaired) electrons. The first-order valence-corrected chi connectivity index (χ1v) is 16.1. The molecule has 0 saturated heterocycles. The van der Waals surface area contributed by atoms with Gasteiger partial charge in [-0.15, -0.1) is 33.2 Å². The van der Waals surface area contributed by atoms with Crippen molar-refractivity contribution in [2.75, 3.05) is 0 Å². The second-order valence-corrected chi connectivity index (χ2v) is 16.4. The Hall–Kier alpha value is -2.81. The molecule has 0 unspecified atom stereocenters. The summed E-state index contributed by atoms with van der Waals surface area (Å²) in [6, 6.07) is 40.3. The molecule has 0 amide bonds. The minimum absolute atomic E-state index is 0.793. The molecule has 0 N–H and O–H groups in total. The largest absolute Gasteiger partial charge is 0.373 e. The van der Waals surface area contributed by atoms with Crippen molar-refractivity contribution in [3.8, 4) is 44.5 Å². The van der Waals surface area contributed by atoms with Gasteiger partial charge in [-0.25, -0.2) is 0 Å². The van der Waals surface area contributed by atoms with Gasteiger partial charge in [-0.05, 0) is 49.7 Å². The lowest BCUT2D eigenvalue weighted by Crippen LogP contribution is -2.33. The Morgan fingerprint density at radius 3 is 1.15 bits per heavy atom. The highest BCUT2D eigenvalue weighted by atomic mass is 35.8. The molecule has 5 rings (SSSR count). The first kappa shape index (κ1) is 23.0. The van der Waals surface area contributed by atoms with Crippen LogP contribution in [0.2, 0.25) is 0 Å². The summed E-state index contributed by atoms with van der Waals surface area (Å²) in [4.78, 5) is 0. The van der Waals surface area contributed by atoms with Crippen LogP contribution in [-0.4, -0.2) is 6.00 Å².